The number of carbonyl (C=O) groups is 3. The Balaban J connectivity index is 1.14. The Labute approximate surface area is 342 Å². The van der Waals surface area contributed by atoms with Gasteiger partial charge in [0.1, 0.15) is 23.9 Å². The molecule has 9 heteroatoms. The molecule has 0 saturated heterocycles. The maximum absolute atomic E-state index is 12.9. The van der Waals surface area contributed by atoms with Gasteiger partial charge in [-0.1, -0.05) is 115 Å². The van der Waals surface area contributed by atoms with Crippen molar-refractivity contribution in [1.82, 2.24) is 0 Å². The molecule has 9 nitrogen and oxygen atoms in total. The number of unbranched alkanes of at least 4 members (excludes halogenated alkanes) is 16. The van der Waals surface area contributed by atoms with Crippen molar-refractivity contribution in [2.45, 2.75) is 154 Å². The third-order valence-electron chi connectivity index (χ3n) is 10.4. The molecule has 1 aliphatic rings. The number of carbonyl (C=O) groups excluding carboxylic acids is 3. The van der Waals surface area contributed by atoms with Crippen LogP contribution in [0.2, 0.25) is 0 Å². The highest BCUT2D eigenvalue weighted by molar-refractivity contribution is 5.81. The Hall–Kier alpha value is -4.11. The van der Waals surface area contributed by atoms with Crippen LogP contribution < -0.4 is 14.2 Å². The number of benzene rings is 2. The fourth-order valence-electron chi connectivity index (χ4n) is 6.90. The van der Waals surface area contributed by atoms with Gasteiger partial charge in [-0.25, -0.2) is 9.59 Å². The Bertz CT molecular complexity index is 1380. The molecule has 3 rings (SSSR count). The molecule has 0 aliphatic heterocycles. The lowest BCUT2D eigenvalue weighted by molar-refractivity contribution is -0.141. The maximum atomic E-state index is 12.9. The third-order valence-corrected chi connectivity index (χ3v) is 10.4. The van der Waals surface area contributed by atoms with Gasteiger partial charge in [0.15, 0.2) is 0 Å². The van der Waals surface area contributed by atoms with Gasteiger partial charge in [0, 0.05) is 18.8 Å². The van der Waals surface area contributed by atoms with E-state index in [-0.39, 0.29) is 29.9 Å². The molecule has 0 N–H and O–H groups in total. The smallest absolute Gasteiger partial charge is 0.330 e. The van der Waals surface area contributed by atoms with Crippen LogP contribution in [0.15, 0.2) is 73.8 Å². The lowest BCUT2D eigenvalue weighted by atomic mass is 9.87. The fourth-order valence-corrected chi connectivity index (χ4v) is 6.90. The van der Waals surface area contributed by atoms with E-state index in [4.69, 9.17) is 28.4 Å². The van der Waals surface area contributed by atoms with Crippen LogP contribution in [-0.2, 0) is 35.2 Å². The summed E-state index contributed by atoms with van der Waals surface area (Å²) in [5.41, 5.74) is 0.997. The van der Waals surface area contributed by atoms with Crippen molar-refractivity contribution in [3.8, 4) is 17.2 Å². The Kier molecular flexibility index (Phi) is 25.7. The lowest BCUT2D eigenvalue weighted by Gasteiger charge is -2.27. The zero-order chi connectivity index (χ0) is 40.6. The van der Waals surface area contributed by atoms with Crippen LogP contribution in [0.25, 0.3) is 0 Å². The number of rotatable bonds is 33. The number of ether oxygens (including phenoxy) is 6. The highest BCUT2D eigenvalue weighted by Crippen LogP contribution is 2.28. The van der Waals surface area contributed by atoms with Gasteiger partial charge >= 0.3 is 17.9 Å². The molecule has 0 unspecified atom stereocenters. The van der Waals surface area contributed by atoms with Crippen LogP contribution in [0.5, 0.6) is 17.2 Å². The molecule has 2 aromatic rings. The minimum Gasteiger partial charge on any atom is -0.494 e. The standard InChI is InChI=1S/C48H70O9/c1-3-46(49)54-37-21-17-13-9-5-7-11-15-19-35-52-42-29-25-41(26-30-42)48(51)57-45-27-23-40(24-28-45)39-56-44-33-31-43(32-34-44)53-36-20-16-12-8-6-10-14-18-22-38-55-47(50)4-2/h3-4,23-24,27-28,31-34,41-42H,1-2,5-22,25-26,29-30,35-39H2. The quantitative estimate of drug-likeness (QED) is 0.0302. The molecule has 0 spiro atoms. The van der Waals surface area contributed by atoms with Gasteiger partial charge in [-0.15, -0.1) is 0 Å². The first-order valence-electron chi connectivity index (χ1n) is 21.8. The molecule has 316 valence electrons. The first-order chi connectivity index (χ1) is 28.0. The van der Waals surface area contributed by atoms with Crippen molar-refractivity contribution >= 4 is 17.9 Å². The van der Waals surface area contributed by atoms with Gasteiger partial charge in [-0.3, -0.25) is 4.79 Å². The molecule has 1 fully saturated rings. The molecule has 0 radical (unpaired) electrons. The molecule has 0 aromatic heterocycles. The van der Waals surface area contributed by atoms with Gasteiger partial charge in [0.2, 0.25) is 0 Å². The molecule has 1 aliphatic carbocycles. The summed E-state index contributed by atoms with van der Waals surface area (Å²) in [5, 5.41) is 0. The van der Waals surface area contributed by atoms with E-state index in [0.717, 1.165) is 87.9 Å². The van der Waals surface area contributed by atoms with Crippen LogP contribution in [0, 0.1) is 5.92 Å². The minimum absolute atomic E-state index is 0.0804. The Morgan fingerprint density at radius 3 is 1.37 bits per heavy atom. The second-order valence-electron chi connectivity index (χ2n) is 15.1. The van der Waals surface area contributed by atoms with E-state index in [0.29, 0.717) is 32.2 Å². The van der Waals surface area contributed by atoms with Crippen molar-refractivity contribution in [3.63, 3.8) is 0 Å². The lowest BCUT2D eigenvalue weighted by Crippen LogP contribution is -2.29. The Morgan fingerprint density at radius 1 is 0.491 bits per heavy atom. The summed E-state index contributed by atoms with van der Waals surface area (Å²) >= 11 is 0. The zero-order valence-electron chi connectivity index (χ0n) is 34.6. The number of hydrogen-bond acceptors (Lipinski definition) is 9. The monoisotopic (exact) mass is 791 g/mol. The molecule has 0 heterocycles. The average Bonchev–Trinajstić information content (AvgIpc) is 3.24. The maximum Gasteiger partial charge on any atom is 0.330 e. The predicted octanol–water partition coefficient (Wildman–Crippen LogP) is 11.6. The summed E-state index contributed by atoms with van der Waals surface area (Å²) in [7, 11) is 0. The fraction of sp³-hybridized carbons (Fsp3) is 0.604. The Morgan fingerprint density at radius 2 is 0.895 bits per heavy atom. The van der Waals surface area contributed by atoms with Crippen LogP contribution in [0.1, 0.15) is 147 Å². The molecule has 2 aromatic carbocycles. The summed E-state index contributed by atoms with van der Waals surface area (Å²) < 4.78 is 33.8. The summed E-state index contributed by atoms with van der Waals surface area (Å²) in [6.45, 7) is 9.70. The normalized spacial score (nSPS) is 15.0. The van der Waals surface area contributed by atoms with Crippen molar-refractivity contribution in [2.24, 2.45) is 5.92 Å². The minimum atomic E-state index is -0.338. The summed E-state index contributed by atoms with van der Waals surface area (Å²) in [4.78, 5) is 34.9. The predicted molar refractivity (Wildman–Crippen MR) is 225 cm³/mol. The van der Waals surface area contributed by atoms with E-state index < -0.39 is 0 Å². The molecule has 57 heavy (non-hydrogen) atoms. The zero-order valence-corrected chi connectivity index (χ0v) is 34.6. The van der Waals surface area contributed by atoms with E-state index in [2.05, 4.69) is 13.2 Å². The molecular formula is C48H70O9. The number of hydrogen-bond donors (Lipinski definition) is 0. The van der Waals surface area contributed by atoms with E-state index in [1.165, 1.54) is 89.2 Å². The molecule has 0 bridgehead atoms. The van der Waals surface area contributed by atoms with E-state index in [1.807, 2.05) is 48.5 Å². The van der Waals surface area contributed by atoms with Gasteiger partial charge in [-0.05, 0) is 93.3 Å². The molecule has 0 amide bonds. The first-order valence-corrected chi connectivity index (χ1v) is 21.8. The molecule has 1 saturated carbocycles. The van der Waals surface area contributed by atoms with Crippen molar-refractivity contribution in [3.05, 3.63) is 79.4 Å². The van der Waals surface area contributed by atoms with Crippen molar-refractivity contribution < 1.29 is 42.8 Å². The van der Waals surface area contributed by atoms with Crippen LogP contribution in [-0.4, -0.2) is 50.4 Å². The van der Waals surface area contributed by atoms with E-state index in [9.17, 15) is 14.4 Å². The summed E-state index contributed by atoms with van der Waals surface area (Å²) in [6.07, 6.45) is 26.9. The topological polar surface area (TPSA) is 107 Å². The second kappa shape index (κ2) is 31.0. The van der Waals surface area contributed by atoms with Gasteiger partial charge in [0.05, 0.1) is 31.8 Å². The van der Waals surface area contributed by atoms with Crippen LogP contribution >= 0.6 is 0 Å². The molecular weight excluding hydrogens is 721 g/mol. The van der Waals surface area contributed by atoms with Gasteiger partial charge in [-0.2, -0.15) is 0 Å². The SMILES string of the molecule is C=CC(=O)OCCCCCCCCCCCOc1ccc(OCc2ccc(OC(=O)C3CCC(OCCCCCCCCCCCOC(=O)C=C)CC3)cc2)cc1. The highest BCUT2D eigenvalue weighted by atomic mass is 16.5. The van der Waals surface area contributed by atoms with E-state index in [1.54, 1.807) is 0 Å². The van der Waals surface area contributed by atoms with Crippen LogP contribution in [0.3, 0.4) is 0 Å². The largest absolute Gasteiger partial charge is 0.494 e. The molecule has 0 atom stereocenters. The van der Waals surface area contributed by atoms with E-state index >= 15 is 0 Å². The van der Waals surface area contributed by atoms with Gasteiger partial charge < -0.3 is 28.4 Å². The van der Waals surface area contributed by atoms with Crippen molar-refractivity contribution in [1.29, 1.82) is 0 Å². The second-order valence-corrected chi connectivity index (χ2v) is 15.1. The summed E-state index contributed by atoms with van der Waals surface area (Å²) in [5.74, 6) is 1.28. The number of esters is 3. The first kappa shape index (κ1) is 47.3. The average molecular weight is 791 g/mol. The third kappa shape index (κ3) is 23.0. The summed E-state index contributed by atoms with van der Waals surface area (Å²) in [6, 6.07) is 15.3. The highest BCUT2D eigenvalue weighted by Gasteiger charge is 2.28. The van der Waals surface area contributed by atoms with Gasteiger partial charge in [0.25, 0.3) is 0 Å². The van der Waals surface area contributed by atoms with Crippen LogP contribution in [0.4, 0.5) is 0 Å². The van der Waals surface area contributed by atoms with Crippen molar-refractivity contribution in [2.75, 3.05) is 26.4 Å².